The van der Waals surface area contributed by atoms with Crippen LogP contribution in [-0.4, -0.2) is 19.0 Å². The van der Waals surface area contributed by atoms with Crippen molar-refractivity contribution in [2.75, 3.05) is 13.2 Å². The van der Waals surface area contributed by atoms with Gasteiger partial charge in [0.2, 0.25) is 17.8 Å². The van der Waals surface area contributed by atoms with Crippen molar-refractivity contribution in [3.05, 3.63) is 40.8 Å². The van der Waals surface area contributed by atoms with Gasteiger partial charge in [-0.3, -0.25) is 4.79 Å². The minimum atomic E-state index is 0.0686. The molecule has 0 saturated heterocycles. The van der Waals surface area contributed by atoms with E-state index in [1.807, 2.05) is 27.7 Å². The molecule has 1 aromatic heterocycles. The van der Waals surface area contributed by atoms with Crippen LogP contribution in [0.4, 0.5) is 0 Å². The van der Waals surface area contributed by atoms with Crippen molar-refractivity contribution in [2.24, 2.45) is 0 Å². The first-order chi connectivity index (χ1) is 9.33. The van der Waals surface area contributed by atoms with Crippen molar-refractivity contribution >= 4 is 17.1 Å². The van der Waals surface area contributed by atoms with Crippen LogP contribution in [0.5, 0.6) is 11.5 Å². The van der Waals surface area contributed by atoms with Crippen LogP contribution < -0.4 is 14.0 Å². The molecule has 19 heavy (non-hydrogen) atoms. The molecule has 98 valence electrons. The molecule has 3 rings (SSSR count). The number of benzene rings is 1. The first-order valence-corrected chi connectivity index (χ1v) is 7.11. The highest BCUT2D eigenvalue weighted by Crippen LogP contribution is 2.30. The minimum absolute atomic E-state index is 0.0686. The van der Waals surface area contributed by atoms with Crippen molar-refractivity contribution in [1.29, 1.82) is 0 Å². The molecule has 0 spiro atoms. The van der Waals surface area contributed by atoms with E-state index in [1.165, 1.54) is 0 Å². The standard InChI is InChI=1S/C14H14NO3S/c16-12(9-15-4-7-19-10-15)11-2-3-13-14(8-11)18-6-1-5-17-13/h2-4,7-8,10H,1,5-6,9H2/q+1. The number of carbonyl (C=O) groups is 1. The molecule has 1 aliphatic heterocycles. The van der Waals surface area contributed by atoms with Gasteiger partial charge in [0.25, 0.3) is 0 Å². The molecule has 0 saturated carbocycles. The van der Waals surface area contributed by atoms with Crippen LogP contribution in [0.15, 0.2) is 35.3 Å². The molecule has 2 heterocycles. The Bertz CT molecular complexity index is 580. The van der Waals surface area contributed by atoms with Gasteiger partial charge in [0.1, 0.15) is 0 Å². The molecule has 0 amide bonds. The third kappa shape index (κ3) is 2.76. The zero-order chi connectivity index (χ0) is 13.1. The highest BCUT2D eigenvalue weighted by Gasteiger charge is 2.16. The molecule has 1 aliphatic rings. The van der Waals surface area contributed by atoms with E-state index >= 15 is 0 Å². The smallest absolute Gasteiger partial charge is 0.227 e. The Hall–Kier alpha value is -1.88. The number of hydrogen-bond donors (Lipinski definition) is 0. The summed E-state index contributed by atoms with van der Waals surface area (Å²) in [7, 11) is 0. The lowest BCUT2D eigenvalue weighted by molar-refractivity contribution is -0.678. The Balaban J connectivity index is 1.81. The monoisotopic (exact) mass is 276 g/mol. The van der Waals surface area contributed by atoms with Crippen molar-refractivity contribution < 1.29 is 18.8 Å². The Morgan fingerprint density at radius 1 is 1.26 bits per heavy atom. The zero-order valence-electron chi connectivity index (χ0n) is 10.4. The average molecular weight is 276 g/mol. The summed E-state index contributed by atoms with van der Waals surface area (Å²) in [5.41, 5.74) is 2.57. The Morgan fingerprint density at radius 3 is 2.89 bits per heavy atom. The number of carbonyl (C=O) groups excluding carboxylic acids is 1. The summed E-state index contributed by atoms with van der Waals surface area (Å²) in [6, 6.07) is 5.38. The Morgan fingerprint density at radius 2 is 2.11 bits per heavy atom. The highest BCUT2D eigenvalue weighted by molar-refractivity contribution is 7.07. The lowest BCUT2D eigenvalue weighted by atomic mass is 10.1. The molecule has 0 fully saturated rings. The molecule has 0 unspecified atom stereocenters. The SMILES string of the molecule is O=C(C[n+]1ccsc1)c1ccc2c(c1)OCCCO2. The lowest BCUT2D eigenvalue weighted by Crippen LogP contribution is -2.34. The fourth-order valence-corrected chi connectivity index (χ4v) is 2.54. The number of fused-ring (bicyclic) bond motifs is 1. The zero-order valence-corrected chi connectivity index (χ0v) is 11.2. The number of ether oxygens (including phenoxy) is 2. The van der Waals surface area contributed by atoms with Gasteiger partial charge in [0.05, 0.1) is 18.6 Å². The van der Waals surface area contributed by atoms with E-state index in [4.69, 9.17) is 9.47 Å². The van der Waals surface area contributed by atoms with Gasteiger partial charge in [-0.2, -0.15) is 4.57 Å². The highest BCUT2D eigenvalue weighted by atomic mass is 32.1. The normalized spacial score (nSPS) is 13.9. The van der Waals surface area contributed by atoms with Crippen LogP contribution in [0.2, 0.25) is 0 Å². The Kier molecular flexibility index (Phi) is 3.46. The summed E-state index contributed by atoms with van der Waals surface area (Å²) in [4.78, 5) is 12.2. The van der Waals surface area contributed by atoms with Gasteiger partial charge in [-0.25, -0.2) is 0 Å². The van der Waals surface area contributed by atoms with Crippen LogP contribution in [0.25, 0.3) is 0 Å². The second-order valence-corrected chi connectivity index (χ2v) is 5.09. The maximum absolute atomic E-state index is 12.2. The van der Waals surface area contributed by atoms with E-state index in [0.29, 0.717) is 31.1 Å². The van der Waals surface area contributed by atoms with Gasteiger partial charge in [-0.1, -0.05) is 11.3 Å². The molecule has 0 bridgehead atoms. The van der Waals surface area contributed by atoms with Gasteiger partial charge in [0.15, 0.2) is 17.7 Å². The fourth-order valence-electron chi connectivity index (χ4n) is 1.95. The van der Waals surface area contributed by atoms with Crippen molar-refractivity contribution in [2.45, 2.75) is 13.0 Å². The van der Waals surface area contributed by atoms with Crippen LogP contribution in [0.3, 0.4) is 0 Å². The van der Waals surface area contributed by atoms with E-state index in [1.54, 1.807) is 23.5 Å². The topological polar surface area (TPSA) is 39.4 Å². The number of ketones is 1. The minimum Gasteiger partial charge on any atom is -0.490 e. The molecule has 0 aliphatic carbocycles. The number of thiazole rings is 1. The third-order valence-electron chi connectivity index (χ3n) is 2.92. The van der Waals surface area contributed by atoms with Crippen LogP contribution in [0, 0.1) is 0 Å². The summed E-state index contributed by atoms with van der Waals surface area (Å²) in [6.45, 7) is 1.64. The number of hydrogen-bond acceptors (Lipinski definition) is 4. The predicted molar refractivity (Wildman–Crippen MR) is 70.9 cm³/mol. The summed E-state index contributed by atoms with van der Waals surface area (Å²) in [5.74, 6) is 1.45. The van der Waals surface area contributed by atoms with Gasteiger partial charge in [0, 0.05) is 12.0 Å². The van der Waals surface area contributed by atoms with E-state index in [2.05, 4.69) is 0 Å². The second-order valence-electron chi connectivity index (χ2n) is 4.33. The molecule has 0 radical (unpaired) electrons. The summed E-state index contributed by atoms with van der Waals surface area (Å²) in [6.07, 6.45) is 2.76. The molecule has 1 aromatic carbocycles. The average Bonchev–Trinajstić information content (AvgIpc) is 2.81. The maximum Gasteiger partial charge on any atom is 0.227 e. The number of aromatic nitrogens is 1. The molecule has 0 atom stereocenters. The summed E-state index contributed by atoms with van der Waals surface area (Å²) in [5, 5.41) is 1.95. The molecule has 4 nitrogen and oxygen atoms in total. The van der Waals surface area contributed by atoms with E-state index < -0.39 is 0 Å². The number of rotatable bonds is 3. The fraction of sp³-hybridized carbons (Fsp3) is 0.286. The van der Waals surface area contributed by atoms with Crippen LogP contribution >= 0.6 is 11.3 Å². The van der Waals surface area contributed by atoms with E-state index in [-0.39, 0.29) is 5.78 Å². The van der Waals surface area contributed by atoms with Gasteiger partial charge >= 0.3 is 0 Å². The van der Waals surface area contributed by atoms with Crippen LogP contribution in [0.1, 0.15) is 16.8 Å². The third-order valence-corrected chi connectivity index (χ3v) is 3.59. The van der Waals surface area contributed by atoms with Crippen molar-refractivity contribution in [3.63, 3.8) is 0 Å². The Labute approximate surface area is 115 Å². The van der Waals surface area contributed by atoms with E-state index in [0.717, 1.165) is 12.2 Å². The first-order valence-electron chi connectivity index (χ1n) is 6.17. The number of nitrogens with zero attached hydrogens (tertiary/aromatic N) is 1. The molecule has 0 N–H and O–H groups in total. The van der Waals surface area contributed by atoms with Gasteiger partial charge in [-0.05, 0) is 18.2 Å². The van der Waals surface area contributed by atoms with Crippen molar-refractivity contribution in [1.82, 2.24) is 0 Å². The summed E-state index contributed by atoms with van der Waals surface area (Å²) < 4.78 is 13.0. The molecule has 2 aromatic rings. The van der Waals surface area contributed by atoms with Crippen molar-refractivity contribution in [3.8, 4) is 11.5 Å². The lowest BCUT2D eigenvalue weighted by Gasteiger charge is -2.07. The molecular formula is C14H14NO3S+. The number of Topliss-reactive ketones (excluding diaryl/α,β-unsaturated/α-hetero) is 1. The molecular weight excluding hydrogens is 262 g/mol. The second kappa shape index (κ2) is 5.40. The quantitative estimate of drug-likeness (QED) is 0.636. The van der Waals surface area contributed by atoms with E-state index in [9.17, 15) is 4.79 Å². The van der Waals surface area contributed by atoms with Gasteiger partial charge < -0.3 is 9.47 Å². The largest absolute Gasteiger partial charge is 0.490 e. The maximum atomic E-state index is 12.2. The van der Waals surface area contributed by atoms with Gasteiger partial charge in [-0.15, -0.1) is 0 Å². The summed E-state index contributed by atoms with van der Waals surface area (Å²) >= 11 is 1.57. The first kappa shape index (κ1) is 12.2. The van der Waals surface area contributed by atoms with Crippen LogP contribution in [-0.2, 0) is 6.54 Å². The predicted octanol–water partition coefficient (Wildman–Crippen LogP) is 2.08. The molecule has 5 heteroatoms.